The zero-order chi connectivity index (χ0) is 22.1. The highest BCUT2D eigenvalue weighted by molar-refractivity contribution is 8.04. The first-order valence-corrected chi connectivity index (χ1v) is 11.1. The van der Waals surface area contributed by atoms with Crippen LogP contribution in [-0.2, 0) is 9.59 Å². The van der Waals surface area contributed by atoms with E-state index in [0.29, 0.717) is 26.4 Å². The van der Waals surface area contributed by atoms with Crippen molar-refractivity contribution in [1.82, 2.24) is 0 Å². The van der Waals surface area contributed by atoms with Crippen molar-refractivity contribution < 1.29 is 9.59 Å². The van der Waals surface area contributed by atoms with Gasteiger partial charge in [0.2, 0.25) is 0 Å². The van der Waals surface area contributed by atoms with E-state index in [-0.39, 0.29) is 10.6 Å². The van der Waals surface area contributed by atoms with E-state index in [0.717, 1.165) is 15.4 Å². The Hall–Kier alpha value is -2.44. The molecule has 8 heteroatoms. The van der Waals surface area contributed by atoms with Crippen molar-refractivity contribution in [3.63, 3.8) is 0 Å². The van der Waals surface area contributed by atoms with E-state index in [2.05, 4.69) is 5.32 Å². The number of thioether (sulfide) groups is 1. The van der Waals surface area contributed by atoms with Gasteiger partial charge in [-0.1, -0.05) is 64.8 Å². The van der Waals surface area contributed by atoms with E-state index in [9.17, 15) is 9.59 Å². The van der Waals surface area contributed by atoms with Crippen LogP contribution >= 0.6 is 46.6 Å². The number of benzene rings is 3. The van der Waals surface area contributed by atoms with Crippen molar-refractivity contribution >= 4 is 69.8 Å². The number of nitrogens with zero attached hydrogens (tertiary/aromatic N) is 1. The van der Waals surface area contributed by atoms with E-state index in [1.807, 2.05) is 13.0 Å². The second-order valence-corrected chi connectivity index (χ2v) is 9.08. The molecule has 0 bridgehead atoms. The van der Waals surface area contributed by atoms with Crippen LogP contribution in [-0.4, -0.2) is 11.8 Å². The normalized spacial score (nSPS) is 13.9. The highest BCUT2D eigenvalue weighted by Crippen LogP contribution is 2.40. The van der Waals surface area contributed by atoms with E-state index < -0.39 is 11.8 Å². The third-order valence-corrected chi connectivity index (χ3v) is 6.68. The molecule has 156 valence electrons. The number of amides is 2. The van der Waals surface area contributed by atoms with Gasteiger partial charge in [0.05, 0.1) is 10.7 Å². The Kier molecular flexibility index (Phi) is 6.30. The van der Waals surface area contributed by atoms with Crippen LogP contribution in [0.5, 0.6) is 0 Å². The van der Waals surface area contributed by atoms with E-state index in [1.165, 1.54) is 11.8 Å². The van der Waals surface area contributed by atoms with E-state index >= 15 is 0 Å². The van der Waals surface area contributed by atoms with Gasteiger partial charge < -0.3 is 5.32 Å². The van der Waals surface area contributed by atoms with Crippen LogP contribution in [0.2, 0.25) is 15.1 Å². The first kappa shape index (κ1) is 21.8. The summed E-state index contributed by atoms with van der Waals surface area (Å²) in [4.78, 5) is 28.8. The molecule has 0 fully saturated rings. The average molecular weight is 490 g/mol. The summed E-state index contributed by atoms with van der Waals surface area (Å²) in [6.07, 6.45) is 0. The lowest BCUT2D eigenvalue weighted by molar-refractivity contribution is -0.120. The molecule has 1 aliphatic heterocycles. The van der Waals surface area contributed by atoms with Crippen LogP contribution in [0.3, 0.4) is 0 Å². The van der Waals surface area contributed by atoms with Gasteiger partial charge in [0, 0.05) is 20.6 Å². The lowest BCUT2D eigenvalue weighted by Crippen LogP contribution is -2.32. The van der Waals surface area contributed by atoms with Gasteiger partial charge in [-0.15, -0.1) is 0 Å². The molecule has 0 radical (unpaired) electrons. The summed E-state index contributed by atoms with van der Waals surface area (Å²) >= 11 is 19.7. The first-order valence-electron chi connectivity index (χ1n) is 9.19. The molecule has 0 saturated heterocycles. The Morgan fingerprint density at radius 2 is 1.55 bits per heavy atom. The fourth-order valence-electron chi connectivity index (χ4n) is 3.00. The molecular weight excluding hydrogens is 475 g/mol. The summed E-state index contributed by atoms with van der Waals surface area (Å²) in [5.41, 5.74) is 1.99. The van der Waals surface area contributed by atoms with Crippen molar-refractivity contribution in [3.05, 3.63) is 98.0 Å². The number of carbonyl (C=O) groups is 2. The smallest absolute Gasteiger partial charge is 0.283 e. The van der Waals surface area contributed by atoms with Crippen molar-refractivity contribution in [2.45, 2.75) is 11.8 Å². The highest BCUT2D eigenvalue weighted by atomic mass is 35.5. The van der Waals surface area contributed by atoms with Gasteiger partial charge in [0.15, 0.2) is 0 Å². The van der Waals surface area contributed by atoms with Gasteiger partial charge in [-0.05, 0) is 61.0 Å². The zero-order valence-electron chi connectivity index (χ0n) is 16.2. The minimum absolute atomic E-state index is 0.157. The molecule has 4 rings (SSSR count). The molecule has 31 heavy (non-hydrogen) atoms. The Labute approximate surface area is 198 Å². The average Bonchev–Trinajstić information content (AvgIpc) is 2.97. The molecule has 0 unspecified atom stereocenters. The quantitative estimate of drug-likeness (QED) is 0.394. The van der Waals surface area contributed by atoms with Crippen LogP contribution in [0.15, 0.2) is 82.2 Å². The summed E-state index contributed by atoms with van der Waals surface area (Å²) in [5.74, 6) is -0.954. The van der Waals surface area contributed by atoms with Crippen LogP contribution in [0.1, 0.15) is 5.56 Å². The minimum Gasteiger partial charge on any atom is -0.350 e. The molecule has 1 N–H and O–H groups in total. The number of hydrogen-bond acceptors (Lipinski definition) is 4. The number of para-hydroxylation sites is 1. The van der Waals surface area contributed by atoms with Crippen molar-refractivity contribution in [1.29, 1.82) is 0 Å². The highest BCUT2D eigenvalue weighted by Gasteiger charge is 2.41. The fraction of sp³-hybridized carbons (Fsp3) is 0.0435. The number of rotatable bonds is 5. The number of anilines is 2. The molecule has 1 heterocycles. The molecule has 1 aliphatic rings. The minimum atomic E-state index is -0.494. The molecule has 3 aromatic rings. The van der Waals surface area contributed by atoms with E-state index in [1.54, 1.807) is 60.7 Å². The first-order chi connectivity index (χ1) is 14.8. The number of imide groups is 1. The Morgan fingerprint density at radius 3 is 2.23 bits per heavy atom. The molecule has 3 aromatic carbocycles. The maximum Gasteiger partial charge on any atom is 0.283 e. The fourth-order valence-corrected chi connectivity index (χ4v) is 4.46. The van der Waals surface area contributed by atoms with Gasteiger partial charge in [-0.25, -0.2) is 4.90 Å². The number of carbonyl (C=O) groups excluding carboxylic acids is 2. The SMILES string of the molecule is Cc1ccc(NC2=C(Sc3ccc(Cl)cc3)C(=O)N(c3ccccc3Cl)C2=O)cc1Cl. The molecule has 0 spiro atoms. The number of hydrogen-bond donors (Lipinski definition) is 1. The standard InChI is InChI=1S/C23H15Cl3N2O2S/c1-13-6-9-15(12-18(13)26)27-20-21(31-16-10-7-14(24)8-11-16)23(30)28(22(20)29)19-5-3-2-4-17(19)25/h2-12,27H,1H3. The summed E-state index contributed by atoms with van der Waals surface area (Å²) in [7, 11) is 0. The van der Waals surface area contributed by atoms with Crippen molar-refractivity contribution in [2.24, 2.45) is 0 Å². The molecule has 2 amide bonds. The molecular formula is C23H15Cl3N2O2S. The maximum atomic E-state index is 13.3. The topological polar surface area (TPSA) is 49.4 Å². The van der Waals surface area contributed by atoms with E-state index in [4.69, 9.17) is 34.8 Å². The molecule has 0 aliphatic carbocycles. The third-order valence-electron chi connectivity index (χ3n) is 4.61. The molecule has 0 saturated carbocycles. The summed E-state index contributed by atoms with van der Waals surface area (Å²) in [5, 5.41) is 4.52. The van der Waals surface area contributed by atoms with Gasteiger partial charge in [-0.2, -0.15) is 0 Å². The van der Waals surface area contributed by atoms with Crippen LogP contribution in [0.4, 0.5) is 11.4 Å². The zero-order valence-corrected chi connectivity index (χ0v) is 19.2. The maximum absolute atomic E-state index is 13.3. The lowest BCUT2D eigenvalue weighted by Gasteiger charge is -2.16. The Balaban J connectivity index is 1.77. The lowest BCUT2D eigenvalue weighted by atomic mass is 10.2. The van der Waals surface area contributed by atoms with Crippen molar-refractivity contribution in [3.8, 4) is 0 Å². The van der Waals surface area contributed by atoms with Gasteiger partial charge >= 0.3 is 0 Å². The summed E-state index contributed by atoms with van der Waals surface area (Å²) in [6, 6.07) is 19.1. The largest absolute Gasteiger partial charge is 0.350 e. The number of nitrogens with one attached hydrogen (secondary N) is 1. The monoisotopic (exact) mass is 488 g/mol. The summed E-state index contributed by atoms with van der Waals surface area (Å²) < 4.78 is 0. The summed E-state index contributed by atoms with van der Waals surface area (Å²) in [6.45, 7) is 1.89. The van der Waals surface area contributed by atoms with Crippen LogP contribution in [0.25, 0.3) is 0 Å². The Morgan fingerprint density at radius 1 is 0.839 bits per heavy atom. The number of halogens is 3. The van der Waals surface area contributed by atoms with Crippen LogP contribution in [0, 0.1) is 6.92 Å². The number of aryl methyl sites for hydroxylation is 1. The van der Waals surface area contributed by atoms with Crippen LogP contribution < -0.4 is 10.2 Å². The second-order valence-electron chi connectivity index (χ2n) is 6.75. The predicted molar refractivity (Wildman–Crippen MR) is 128 cm³/mol. The second kappa shape index (κ2) is 8.97. The molecule has 0 atom stereocenters. The van der Waals surface area contributed by atoms with Gasteiger partial charge in [-0.3, -0.25) is 9.59 Å². The Bertz CT molecular complexity index is 1230. The van der Waals surface area contributed by atoms with Crippen molar-refractivity contribution in [2.75, 3.05) is 10.2 Å². The molecule has 0 aromatic heterocycles. The van der Waals surface area contributed by atoms with Gasteiger partial charge in [0.25, 0.3) is 11.8 Å². The predicted octanol–water partition coefficient (Wildman–Crippen LogP) is 6.94. The van der Waals surface area contributed by atoms with Gasteiger partial charge in [0.1, 0.15) is 10.6 Å². The third kappa shape index (κ3) is 4.46. The molecule has 4 nitrogen and oxygen atoms in total.